The second kappa shape index (κ2) is 7.38. The highest BCUT2D eigenvalue weighted by Crippen LogP contribution is 2.17. The molecule has 0 fully saturated rings. The normalized spacial score (nSPS) is 10.9. The number of nitrogens with one attached hydrogen (secondary N) is 2. The van der Waals surface area contributed by atoms with Crippen molar-refractivity contribution in [1.29, 1.82) is 0 Å². The van der Waals surface area contributed by atoms with E-state index in [1.165, 1.54) is 6.07 Å². The van der Waals surface area contributed by atoms with E-state index >= 15 is 0 Å². The fourth-order valence-electron chi connectivity index (χ4n) is 2.83. The van der Waals surface area contributed by atoms with Gasteiger partial charge in [0.1, 0.15) is 5.76 Å². The van der Waals surface area contributed by atoms with Gasteiger partial charge in [0, 0.05) is 23.9 Å². The lowest BCUT2D eigenvalue weighted by atomic mass is 10.1. The number of furan rings is 1. The minimum absolute atomic E-state index is 0.0602. The number of aryl methyl sites for hydroxylation is 2. The van der Waals surface area contributed by atoms with Crippen LogP contribution >= 0.6 is 0 Å². The first-order chi connectivity index (χ1) is 12.4. The van der Waals surface area contributed by atoms with Crippen LogP contribution in [-0.4, -0.2) is 25.7 Å². The van der Waals surface area contributed by atoms with Crippen molar-refractivity contribution in [2.75, 3.05) is 0 Å². The molecule has 0 aliphatic rings. The zero-order valence-corrected chi connectivity index (χ0v) is 15.0. The van der Waals surface area contributed by atoms with Crippen LogP contribution in [0.25, 0.3) is 5.95 Å². The summed E-state index contributed by atoms with van der Waals surface area (Å²) in [5.41, 5.74) is 3.04. The van der Waals surface area contributed by atoms with Gasteiger partial charge in [0.2, 0.25) is 11.9 Å². The van der Waals surface area contributed by atoms with Crippen LogP contribution in [0.3, 0.4) is 0 Å². The second-order valence-electron chi connectivity index (χ2n) is 6.13. The largest absolute Gasteiger partial charge is 0.467 e. The van der Waals surface area contributed by atoms with E-state index < -0.39 is 0 Å². The Morgan fingerprint density at radius 3 is 2.85 bits per heavy atom. The maximum absolute atomic E-state index is 12.1. The molecule has 0 atom stereocenters. The lowest BCUT2D eigenvalue weighted by Crippen LogP contribution is -2.22. The van der Waals surface area contributed by atoms with Crippen LogP contribution in [0.2, 0.25) is 0 Å². The summed E-state index contributed by atoms with van der Waals surface area (Å²) < 4.78 is 6.80. The number of amides is 1. The molecule has 2 N–H and O–H groups in total. The summed E-state index contributed by atoms with van der Waals surface area (Å²) in [7, 11) is 0. The summed E-state index contributed by atoms with van der Waals surface area (Å²) in [6.07, 6.45) is 2.47. The van der Waals surface area contributed by atoms with Crippen LogP contribution in [-0.2, 0) is 17.8 Å². The van der Waals surface area contributed by atoms with Gasteiger partial charge in [0.25, 0.3) is 5.56 Å². The van der Waals surface area contributed by atoms with Gasteiger partial charge in [-0.2, -0.15) is 5.10 Å². The molecule has 0 saturated carbocycles. The van der Waals surface area contributed by atoms with Crippen LogP contribution in [0, 0.1) is 20.8 Å². The maximum atomic E-state index is 12.1. The quantitative estimate of drug-likeness (QED) is 0.700. The Morgan fingerprint density at radius 2 is 2.15 bits per heavy atom. The van der Waals surface area contributed by atoms with Gasteiger partial charge in [0.05, 0.1) is 18.5 Å². The molecule has 8 heteroatoms. The zero-order valence-electron chi connectivity index (χ0n) is 15.0. The average molecular weight is 355 g/mol. The number of aromatic amines is 1. The van der Waals surface area contributed by atoms with E-state index in [1.807, 2.05) is 19.9 Å². The monoisotopic (exact) mass is 355 g/mol. The highest BCUT2D eigenvalue weighted by Gasteiger charge is 2.15. The summed E-state index contributed by atoms with van der Waals surface area (Å²) in [6.45, 7) is 5.91. The Bertz CT molecular complexity index is 969. The summed E-state index contributed by atoms with van der Waals surface area (Å²) in [4.78, 5) is 30.8. The predicted molar refractivity (Wildman–Crippen MR) is 95.1 cm³/mol. The summed E-state index contributed by atoms with van der Waals surface area (Å²) in [6, 6.07) is 5.03. The van der Waals surface area contributed by atoms with Crippen molar-refractivity contribution in [2.24, 2.45) is 0 Å². The zero-order chi connectivity index (χ0) is 18.7. The maximum Gasteiger partial charge on any atom is 0.252 e. The molecule has 0 aliphatic carbocycles. The van der Waals surface area contributed by atoms with Crippen LogP contribution < -0.4 is 10.9 Å². The van der Waals surface area contributed by atoms with Gasteiger partial charge < -0.3 is 9.73 Å². The van der Waals surface area contributed by atoms with Gasteiger partial charge in [-0.15, -0.1) is 0 Å². The number of H-pyrrole nitrogens is 1. The second-order valence-corrected chi connectivity index (χ2v) is 6.13. The third kappa shape index (κ3) is 3.90. The van der Waals surface area contributed by atoms with E-state index in [1.54, 1.807) is 23.9 Å². The van der Waals surface area contributed by atoms with Gasteiger partial charge in [0.15, 0.2) is 0 Å². The molecule has 3 heterocycles. The number of rotatable bonds is 6. The molecule has 0 radical (unpaired) electrons. The molecule has 3 aromatic heterocycles. The van der Waals surface area contributed by atoms with Crippen molar-refractivity contribution < 1.29 is 9.21 Å². The average Bonchev–Trinajstić information content (AvgIpc) is 3.19. The van der Waals surface area contributed by atoms with Crippen LogP contribution in [0.5, 0.6) is 0 Å². The number of aromatic nitrogens is 4. The first-order valence-electron chi connectivity index (χ1n) is 8.36. The lowest BCUT2D eigenvalue weighted by molar-refractivity contribution is -0.121. The molecule has 136 valence electrons. The fourth-order valence-corrected chi connectivity index (χ4v) is 2.83. The summed E-state index contributed by atoms with van der Waals surface area (Å²) in [5, 5.41) is 7.29. The molecule has 0 aliphatic heterocycles. The minimum Gasteiger partial charge on any atom is -0.467 e. The molecule has 3 aromatic rings. The molecule has 3 rings (SSSR count). The Labute approximate surface area is 150 Å². The van der Waals surface area contributed by atoms with Gasteiger partial charge in [-0.05, 0) is 44.9 Å². The van der Waals surface area contributed by atoms with E-state index in [0.29, 0.717) is 36.8 Å². The first-order valence-corrected chi connectivity index (χ1v) is 8.36. The number of carbonyl (C=O) groups is 1. The Hall–Kier alpha value is -3.16. The molecule has 1 amide bonds. The van der Waals surface area contributed by atoms with E-state index in [-0.39, 0.29) is 11.5 Å². The van der Waals surface area contributed by atoms with E-state index in [0.717, 1.165) is 17.0 Å². The molecule has 0 aromatic carbocycles. The van der Waals surface area contributed by atoms with Crippen molar-refractivity contribution in [2.45, 2.75) is 40.2 Å². The molecular weight excluding hydrogens is 334 g/mol. The number of hydrogen-bond donors (Lipinski definition) is 2. The van der Waals surface area contributed by atoms with E-state index in [9.17, 15) is 9.59 Å². The van der Waals surface area contributed by atoms with Crippen molar-refractivity contribution >= 4 is 5.91 Å². The van der Waals surface area contributed by atoms with Crippen molar-refractivity contribution in [1.82, 2.24) is 25.1 Å². The van der Waals surface area contributed by atoms with E-state index in [2.05, 4.69) is 20.4 Å². The lowest BCUT2D eigenvalue weighted by Gasteiger charge is -2.06. The molecule has 0 spiro atoms. The number of nitrogens with zero attached hydrogens (tertiary/aromatic N) is 3. The van der Waals surface area contributed by atoms with Gasteiger partial charge >= 0.3 is 0 Å². The number of hydrogen-bond acceptors (Lipinski definition) is 5. The Balaban J connectivity index is 1.70. The van der Waals surface area contributed by atoms with Crippen molar-refractivity contribution in [3.63, 3.8) is 0 Å². The molecule has 0 unspecified atom stereocenters. The fraction of sp³-hybridized carbons (Fsp3) is 0.333. The third-order valence-corrected chi connectivity index (χ3v) is 4.14. The minimum atomic E-state index is -0.223. The number of carbonyl (C=O) groups excluding carboxylic acids is 1. The van der Waals surface area contributed by atoms with Gasteiger partial charge in [-0.3, -0.25) is 14.6 Å². The first kappa shape index (κ1) is 17.7. The standard InChI is InChI=1S/C18H21N5O3/c1-11-9-17(25)21-18(20-11)23-13(3)15(12(2)22-23)6-7-16(24)19-10-14-5-4-8-26-14/h4-5,8-9H,6-7,10H2,1-3H3,(H,19,24)(H,20,21,25). The van der Waals surface area contributed by atoms with E-state index in [4.69, 9.17) is 4.42 Å². The smallest absolute Gasteiger partial charge is 0.252 e. The Kier molecular flexibility index (Phi) is 5.01. The van der Waals surface area contributed by atoms with Crippen LogP contribution in [0.15, 0.2) is 33.7 Å². The molecule has 8 nitrogen and oxygen atoms in total. The van der Waals surface area contributed by atoms with Gasteiger partial charge in [-0.1, -0.05) is 0 Å². The molecule has 0 bridgehead atoms. The predicted octanol–water partition coefficient (Wildman–Crippen LogP) is 1.72. The molecule has 0 saturated heterocycles. The topological polar surface area (TPSA) is 106 Å². The van der Waals surface area contributed by atoms with Crippen molar-refractivity contribution in [3.05, 3.63) is 63.2 Å². The highest BCUT2D eigenvalue weighted by molar-refractivity contribution is 5.76. The molecule has 26 heavy (non-hydrogen) atoms. The van der Waals surface area contributed by atoms with Gasteiger partial charge in [-0.25, -0.2) is 9.67 Å². The highest BCUT2D eigenvalue weighted by atomic mass is 16.3. The third-order valence-electron chi connectivity index (χ3n) is 4.14. The van der Waals surface area contributed by atoms with Crippen LogP contribution in [0.4, 0.5) is 0 Å². The molecular formula is C18H21N5O3. The van der Waals surface area contributed by atoms with Crippen LogP contribution in [0.1, 0.15) is 34.8 Å². The summed E-state index contributed by atoms with van der Waals surface area (Å²) in [5.74, 6) is 1.03. The Morgan fingerprint density at radius 1 is 1.35 bits per heavy atom. The SMILES string of the molecule is Cc1cc(=O)[nH]c(-n2nc(C)c(CCC(=O)NCc3ccco3)c2C)n1. The van der Waals surface area contributed by atoms with Crippen molar-refractivity contribution in [3.8, 4) is 5.95 Å². The summed E-state index contributed by atoms with van der Waals surface area (Å²) >= 11 is 0.